The summed E-state index contributed by atoms with van der Waals surface area (Å²) in [7, 11) is 0. The number of hydrogen-bond donors (Lipinski definition) is 1. The van der Waals surface area contributed by atoms with E-state index in [2.05, 4.69) is 12.2 Å². The molecule has 4 unspecified atom stereocenters. The summed E-state index contributed by atoms with van der Waals surface area (Å²) in [6, 6.07) is 0.932. The molecule has 13 heavy (non-hydrogen) atoms. The molecule has 0 saturated carbocycles. The molecular formula is C11H20FN. The third-order valence-corrected chi connectivity index (χ3v) is 3.78. The highest BCUT2D eigenvalue weighted by Gasteiger charge is 2.48. The molecule has 0 amide bonds. The minimum Gasteiger partial charge on any atom is -0.311 e. The van der Waals surface area contributed by atoms with Crippen molar-refractivity contribution in [1.82, 2.24) is 5.32 Å². The van der Waals surface area contributed by atoms with Gasteiger partial charge in [-0.2, -0.15) is 0 Å². The largest absolute Gasteiger partial charge is 0.311 e. The van der Waals surface area contributed by atoms with E-state index >= 15 is 0 Å². The molecule has 2 rings (SSSR count). The molecule has 0 radical (unpaired) electrons. The molecule has 0 aromatic heterocycles. The van der Waals surface area contributed by atoms with Crippen molar-refractivity contribution in [3.8, 4) is 0 Å². The lowest BCUT2D eigenvalue weighted by Gasteiger charge is -2.40. The number of rotatable bonds is 2. The van der Waals surface area contributed by atoms with Crippen LogP contribution in [0.1, 0.15) is 46.0 Å². The Hall–Kier alpha value is -0.110. The average Bonchev–Trinajstić information content (AvgIpc) is 2.42. The summed E-state index contributed by atoms with van der Waals surface area (Å²) in [4.78, 5) is 0. The van der Waals surface area contributed by atoms with Crippen LogP contribution >= 0.6 is 0 Å². The molecule has 0 aromatic rings. The summed E-state index contributed by atoms with van der Waals surface area (Å²) in [5.41, 5.74) is -0.910. The zero-order valence-electron chi connectivity index (χ0n) is 8.65. The van der Waals surface area contributed by atoms with E-state index in [-0.39, 0.29) is 5.92 Å². The fourth-order valence-corrected chi connectivity index (χ4v) is 3.19. The standard InChI is InChI=1S/C11H20FN/c1-3-4-9-10-6-5-8(13-10)7-11(9,2)12/h8-10,13H,3-7H2,1-2H3. The van der Waals surface area contributed by atoms with Crippen LogP contribution in [0.25, 0.3) is 0 Å². The second-order valence-electron chi connectivity index (χ2n) is 4.92. The van der Waals surface area contributed by atoms with Crippen LogP contribution in [-0.2, 0) is 0 Å². The van der Waals surface area contributed by atoms with Crippen LogP contribution in [0.4, 0.5) is 4.39 Å². The number of fused-ring (bicyclic) bond motifs is 2. The van der Waals surface area contributed by atoms with Gasteiger partial charge in [-0.05, 0) is 32.6 Å². The van der Waals surface area contributed by atoms with Crippen LogP contribution in [0.3, 0.4) is 0 Å². The highest BCUT2D eigenvalue weighted by molar-refractivity contribution is 5.03. The normalized spacial score (nSPS) is 49.6. The molecule has 0 aliphatic carbocycles. The molecule has 2 bridgehead atoms. The summed E-state index contributed by atoms with van der Waals surface area (Å²) in [6.07, 6.45) is 5.25. The van der Waals surface area contributed by atoms with E-state index in [4.69, 9.17) is 0 Å². The highest BCUT2D eigenvalue weighted by Crippen LogP contribution is 2.42. The summed E-state index contributed by atoms with van der Waals surface area (Å²) >= 11 is 0. The van der Waals surface area contributed by atoms with Gasteiger partial charge in [0.25, 0.3) is 0 Å². The molecule has 4 atom stereocenters. The predicted molar refractivity (Wildman–Crippen MR) is 52.5 cm³/mol. The summed E-state index contributed by atoms with van der Waals surface area (Å²) < 4.78 is 14.2. The number of alkyl halides is 1. The zero-order chi connectivity index (χ0) is 9.47. The Morgan fingerprint density at radius 1 is 1.46 bits per heavy atom. The van der Waals surface area contributed by atoms with Gasteiger partial charge < -0.3 is 5.32 Å². The van der Waals surface area contributed by atoms with Gasteiger partial charge in [0.15, 0.2) is 0 Å². The minimum atomic E-state index is -0.910. The number of hydrogen-bond acceptors (Lipinski definition) is 1. The monoisotopic (exact) mass is 185 g/mol. The second kappa shape index (κ2) is 3.23. The third kappa shape index (κ3) is 1.61. The number of nitrogens with one attached hydrogen (secondary N) is 1. The van der Waals surface area contributed by atoms with Crippen LogP contribution in [-0.4, -0.2) is 17.8 Å². The Morgan fingerprint density at radius 2 is 2.23 bits per heavy atom. The number of piperidine rings is 1. The highest BCUT2D eigenvalue weighted by atomic mass is 19.1. The van der Waals surface area contributed by atoms with Gasteiger partial charge in [-0.3, -0.25) is 0 Å². The number of halogens is 1. The molecule has 0 aromatic carbocycles. The van der Waals surface area contributed by atoms with Crippen LogP contribution in [0.2, 0.25) is 0 Å². The molecule has 2 fully saturated rings. The summed E-state index contributed by atoms with van der Waals surface area (Å²) in [6.45, 7) is 3.95. The topological polar surface area (TPSA) is 12.0 Å². The van der Waals surface area contributed by atoms with Gasteiger partial charge in [-0.1, -0.05) is 13.3 Å². The van der Waals surface area contributed by atoms with Crippen molar-refractivity contribution in [2.45, 2.75) is 63.7 Å². The van der Waals surface area contributed by atoms with Gasteiger partial charge in [0.2, 0.25) is 0 Å². The van der Waals surface area contributed by atoms with E-state index < -0.39 is 5.67 Å². The van der Waals surface area contributed by atoms with Crippen molar-refractivity contribution in [3.05, 3.63) is 0 Å². The van der Waals surface area contributed by atoms with E-state index in [0.717, 1.165) is 19.3 Å². The van der Waals surface area contributed by atoms with Gasteiger partial charge in [-0.15, -0.1) is 0 Å². The Kier molecular flexibility index (Phi) is 2.35. The second-order valence-corrected chi connectivity index (χ2v) is 4.92. The molecule has 76 valence electrons. The predicted octanol–water partition coefficient (Wildman–Crippen LogP) is 2.66. The fraction of sp³-hybridized carbons (Fsp3) is 1.00. The maximum absolute atomic E-state index is 14.2. The maximum atomic E-state index is 14.2. The first kappa shape index (κ1) is 9.45. The smallest absolute Gasteiger partial charge is 0.114 e. The minimum absolute atomic E-state index is 0.260. The Morgan fingerprint density at radius 3 is 2.92 bits per heavy atom. The van der Waals surface area contributed by atoms with Gasteiger partial charge in [0.1, 0.15) is 5.67 Å². The molecule has 1 nitrogen and oxygen atoms in total. The van der Waals surface area contributed by atoms with Gasteiger partial charge in [0.05, 0.1) is 0 Å². The molecular weight excluding hydrogens is 165 g/mol. The summed E-state index contributed by atoms with van der Waals surface area (Å²) in [5.74, 6) is 0.260. The van der Waals surface area contributed by atoms with Gasteiger partial charge in [0, 0.05) is 18.0 Å². The molecule has 1 N–H and O–H groups in total. The van der Waals surface area contributed by atoms with E-state index in [1.165, 1.54) is 12.8 Å². The lowest BCUT2D eigenvalue weighted by atomic mass is 9.77. The first-order valence-electron chi connectivity index (χ1n) is 5.58. The lowest BCUT2D eigenvalue weighted by Crippen LogP contribution is -2.52. The maximum Gasteiger partial charge on any atom is 0.114 e. The molecule has 2 aliphatic heterocycles. The Labute approximate surface area is 80.1 Å². The first-order chi connectivity index (χ1) is 6.13. The van der Waals surface area contributed by atoms with Crippen molar-refractivity contribution >= 4 is 0 Å². The van der Waals surface area contributed by atoms with Crippen LogP contribution in [0.5, 0.6) is 0 Å². The molecule has 0 spiro atoms. The van der Waals surface area contributed by atoms with E-state index in [1.54, 1.807) is 6.92 Å². The van der Waals surface area contributed by atoms with Gasteiger partial charge >= 0.3 is 0 Å². The fourth-order valence-electron chi connectivity index (χ4n) is 3.19. The third-order valence-electron chi connectivity index (χ3n) is 3.78. The Balaban J connectivity index is 2.11. The van der Waals surface area contributed by atoms with Crippen LogP contribution < -0.4 is 5.32 Å². The van der Waals surface area contributed by atoms with Crippen molar-refractivity contribution in [2.24, 2.45) is 5.92 Å². The molecule has 2 saturated heterocycles. The van der Waals surface area contributed by atoms with Gasteiger partial charge in [-0.25, -0.2) is 4.39 Å². The van der Waals surface area contributed by atoms with E-state index in [9.17, 15) is 4.39 Å². The van der Waals surface area contributed by atoms with E-state index in [0.29, 0.717) is 12.1 Å². The van der Waals surface area contributed by atoms with Crippen molar-refractivity contribution in [1.29, 1.82) is 0 Å². The zero-order valence-corrected chi connectivity index (χ0v) is 8.65. The van der Waals surface area contributed by atoms with Crippen LogP contribution in [0, 0.1) is 5.92 Å². The molecule has 2 heterocycles. The molecule has 2 aliphatic rings. The Bertz CT molecular complexity index is 191. The first-order valence-corrected chi connectivity index (χ1v) is 5.58. The van der Waals surface area contributed by atoms with E-state index in [1.807, 2.05) is 0 Å². The molecule has 2 heteroatoms. The lowest BCUT2D eigenvalue weighted by molar-refractivity contribution is 0.0320. The SMILES string of the molecule is CCCC1C2CCC(CC1(C)F)N2. The van der Waals surface area contributed by atoms with Crippen LogP contribution in [0.15, 0.2) is 0 Å². The van der Waals surface area contributed by atoms with Crippen molar-refractivity contribution in [2.75, 3.05) is 0 Å². The average molecular weight is 185 g/mol. The quantitative estimate of drug-likeness (QED) is 0.697. The van der Waals surface area contributed by atoms with Crippen molar-refractivity contribution < 1.29 is 4.39 Å². The summed E-state index contributed by atoms with van der Waals surface area (Å²) in [5, 5.41) is 3.54. The van der Waals surface area contributed by atoms with Crippen molar-refractivity contribution in [3.63, 3.8) is 0 Å².